The van der Waals surface area contributed by atoms with Crippen molar-refractivity contribution in [1.82, 2.24) is 0 Å². The number of hydrogen-bond acceptors (Lipinski definition) is 4. The molecule has 0 bridgehead atoms. The van der Waals surface area contributed by atoms with E-state index in [1.54, 1.807) is 0 Å². The lowest BCUT2D eigenvalue weighted by Gasteiger charge is -2.18. The molecule has 1 unspecified atom stereocenters. The second-order valence-electron chi connectivity index (χ2n) is 5.01. The van der Waals surface area contributed by atoms with Crippen LogP contribution in [0.25, 0.3) is 0 Å². The third kappa shape index (κ3) is 3.84. The van der Waals surface area contributed by atoms with Gasteiger partial charge in [-0.25, -0.2) is 9.18 Å². The summed E-state index contributed by atoms with van der Waals surface area (Å²) in [5.74, 6) is -0.165. The summed E-state index contributed by atoms with van der Waals surface area (Å²) in [6, 6.07) is 2.53. The van der Waals surface area contributed by atoms with E-state index >= 15 is 0 Å². The molecule has 4 nitrogen and oxygen atoms in total. The van der Waals surface area contributed by atoms with Crippen LogP contribution in [0.1, 0.15) is 31.1 Å². The summed E-state index contributed by atoms with van der Waals surface area (Å²) in [7, 11) is 1.26. The third-order valence-corrected chi connectivity index (χ3v) is 3.30. The Bertz CT molecular complexity index is 461. The molecule has 1 aromatic carbocycles. The fourth-order valence-corrected chi connectivity index (χ4v) is 1.52. The Morgan fingerprint density at radius 2 is 2.05 bits per heavy atom. The largest absolute Gasteiger partial charge is 0.465 e. The molecule has 5 heteroatoms. The first kappa shape index (κ1) is 15.3. The second-order valence-corrected chi connectivity index (χ2v) is 5.01. The minimum absolute atomic E-state index is 0.0757. The van der Waals surface area contributed by atoms with Gasteiger partial charge in [-0.05, 0) is 24.0 Å². The maximum atomic E-state index is 13.8. The molecule has 3 N–H and O–H groups in total. The number of rotatable bonds is 5. The van der Waals surface area contributed by atoms with E-state index in [9.17, 15) is 9.18 Å². The van der Waals surface area contributed by atoms with E-state index in [1.807, 2.05) is 0 Å². The molecular weight excluding hydrogens is 247 g/mol. The lowest BCUT2D eigenvalue weighted by Crippen LogP contribution is -2.17. The van der Waals surface area contributed by atoms with E-state index in [-0.39, 0.29) is 16.9 Å². The minimum Gasteiger partial charge on any atom is -0.465 e. The van der Waals surface area contributed by atoms with E-state index in [0.29, 0.717) is 18.4 Å². The van der Waals surface area contributed by atoms with Gasteiger partial charge in [0.15, 0.2) is 0 Å². The first-order valence-corrected chi connectivity index (χ1v) is 6.28. The predicted molar refractivity (Wildman–Crippen MR) is 74.6 cm³/mol. The number of esters is 1. The monoisotopic (exact) mass is 268 g/mol. The number of nitrogen functional groups attached to an aromatic ring is 1. The zero-order valence-electron chi connectivity index (χ0n) is 11.8. The van der Waals surface area contributed by atoms with Gasteiger partial charge in [0.25, 0.3) is 0 Å². The molecule has 1 atom stereocenters. The van der Waals surface area contributed by atoms with Crippen LogP contribution in [-0.4, -0.2) is 19.6 Å². The Hall–Kier alpha value is -1.78. The quantitative estimate of drug-likeness (QED) is 0.636. The third-order valence-electron chi connectivity index (χ3n) is 3.30. The van der Waals surface area contributed by atoms with E-state index in [1.165, 1.54) is 13.2 Å². The number of methoxy groups -OCH3 is 1. The lowest BCUT2D eigenvalue weighted by molar-refractivity contribution is 0.0602. The number of benzene rings is 1. The van der Waals surface area contributed by atoms with Crippen LogP contribution in [-0.2, 0) is 4.74 Å². The smallest absolute Gasteiger partial charge is 0.340 e. The molecule has 0 aliphatic rings. The highest BCUT2D eigenvalue weighted by Crippen LogP contribution is 2.23. The van der Waals surface area contributed by atoms with Crippen LogP contribution in [0.2, 0.25) is 0 Å². The van der Waals surface area contributed by atoms with Gasteiger partial charge in [-0.1, -0.05) is 20.8 Å². The molecule has 1 aromatic rings. The maximum absolute atomic E-state index is 13.8. The predicted octanol–water partition coefficient (Wildman–Crippen LogP) is 2.90. The summed E-state index contributed by atoms with van der Waals surface area (Å²) in [6.07, 6.45) is 0. The van der Waals surface area contributed by atoms with Crippen LogP contribution in [0.4, 0.5) is 15.8 Å². The van der Waals surface area contributed by atoms with Gasteiger partial charge in [0.1, 0.15) is 5.82 Å². The zero-order valence-corrected chi connectivity index (χ0v) is 11.8. The van der Waals surface area contributed by atoms with Crippen LogP contribution < -0.4 is 11.1 Å². The van der Waals surface area contributed by atoms with E-state index in [2.05, 4.69) is 30.8 Å². The summed E-state index contributed by atoms with van der Waals surface area (Å²) in [6.45, 7) is 6.91. The first-order chi connectivity index (χ1) is 8.86. The summed E-state index contributed by atoms with van der Waals surface area (Å²) < 4.78 is 18.4. The normalized spacial score (nSPS) is 12.3. The topological polar surface area (TPSA) is 64.3 Å². The summed E-state index contributed by atoms with van der Waals surface area (Å²) in [5.41, 5.74) is 6.11. The first-order valence-electron chi connectivity index (χ1n) is 6.28. The summed E-state index contributed by atoms with van der Waals surface area (Å²) in [5, 5.41) is 3.00. The van der Waals surface area contributed by atoms with Crippen molar-refractivity contribution in [3.8, 4) is 0 Å². The van der Waals surface area contributed by atoms with Crippen LogP contribution in [0.5, 0.6) is 0 Å². The highest BCUT2D eigenvalue weighted by atomic mass is 19.1. The molecule has 0 heterocycles. The summed E-state index contributed by atoms with van der Waals surface area (Å²) >= 11 is 0. The van der Waals surface area contributed by atoms with E-state index in [0.717, 1.165) is 6.07 Å². The number of nitrogens with two attached hydrogens (primary N) is 1. The molecule has 0 amide bonds. The Kier molecular flexibility index (Phi) is 5.15. The van der Waals surface area contributed by atoms with Crippen molar-refractivity contribution in [3.63, 3.8) is 0 Å². The van der Waals surface area contributed by atoms with Crippen molar-refractivity contribution in [2.75, 3.05) is 24.7 Å². The molecule has 106 valence electrons. The van der Waals surface area contributed by atoms with Gasteiger partial charge in [0.2, 0.25) is 0 Å². The van der Waals surface area contributed by atoms with Gasteiger partial charge in [0.05, 0.1) is 18.4 Å². The molecule has 0 aromatic heterocycles. The maximum Gasteiger partial charge on any atom is 0.340 e. The Morgan fingerprint density at radius 1 is 1.42 bits per heavy atom. The van der Waals surface area contributed by atoms with E-state index in [4.69, 9.17) is 5.73 Å². The van der Waals surface area contributed by atoms with Crippen LogP contribution in [0.3, 0.4) is 0 Å². The van der Waals surface area contributed by atoms with Crippen molar-refractivity contribution >= 4 is 17.3 Å². The highest BCUT2D eigenvalue weighted by Gasteiger charge is 2.15. The van der Waals surface area contributed by atoms with Crippen molar-refractivity contribution in [2.45, 2.75) is 20.8 Å². The number of ether oxygens (including phenoxy) is 1. The van der Waals surface area contributed by atoms with Gasteiger partial charge in [-0.15, -0.1) is 0 Å². The molecule has 0 saturated carbocycles. The number of nitrogens with one attached hydrogen (secondary N) is 1. The molecule has 0 aliphatic heterocycles. The minimum atomic E-state index is -0.572. The number of halogens is 1. The Morgan fingerprint density at radius 3 is 2.58 bits per heavy atom. The standard InChI is InChI=1S/C14H21FN2O2/c1-8(2)9(3)7-17-13-5-10(14(18)19-4)12(16)6-11(13)15/h5-6,8-9,17H,7,16H2,1-4H3. The van der Waals surface area contributed by atoms with Gasteiger partial charge in [0, 0.05) is 12.2 Å². The van der Waals surface area contributed by atoms with Gasteiger partial charge < -0.3 is 15.8 Å². The highest BCUT2D eigenvalue weighted by molar-refractivity contribution is 5.96. The van der Waals surface area contributed by atoms with Crippen molar-refractivity contribution in [2.24, 2.45) is 11.8 Å². The molecular formula is C14H21FN2O2. The Labute approximate surface area is 113 Å². The molecule has 0 spiro atoms. The molecule has 0 fully saturated rings. The molecule has 19 heavy (non-hydrogen) atoms. The molecule has 0 radical (unpaired) electrons. The van der Waals surface area contributed by atoms with Crippen LogP contribution >= 0.6 is 0 Å². The van der Waals surface area contributed by atoms with Crippen molar-refractivity contribution < 1.29 is 13.9 Å². The number of carbonyl (C=O) groups excluding carboxylic acids is 1. The van der Waals surface area contributed by atoms with Gasteiger partial charge >= 0.3 is 5.97 Å². The second kappa shape index (κ2) is 6.41. The van der Waals surface area contributed by atoms with Crippen molar-refractivity contribution in [3.05, 3.63) is 23.5 Å². The molecule has 0 aliphatic carbocycles. The Balaban J connectivity index is 2.92. The number of carbonyl (C=O) groups is 1. The van der Waals surface area contributed by atoms with Crippen molar-refractivity contribution in [1.29, 1.82) is 0 Å². The van der Waals surface area contributed by atoms with Gasteiger partial charge in [-0.3, -0.25) is 0 Å². The lowest BCUT2D eigenvalue weighted by atomic mass is 9.98. The number of anilines is 2. The van der Waals surface area contributed by atoms with Crippen LogP contribution in [0, 0.1) is 17.7 Å². The van der Waals surface area contributed by atoms with Crippen LogP contribution in [0.15, 0.2) is 12.1 Å². The molecule has 1 rings (SSSR count). The SMILES string of the molecule is COC(=O)c1cc(NCC(C)C(C)C)c(F)cc1N. The molecule has 0 saturated heterocycles. The van der Waals surface area contributed by atoms with E-state index < -0.39 is 11.8 Å². The average molecular weight is 268 g/mol. The number of hydrogen-bond donors (Lipinski definition) is 2. The average Bonchev–Trinajstić information content (AvgIpc) is 2.36. The summed E-state index contributed by atoms with van der Waals surface area (Å²) in [4.78, 5) is 11.5. The fourth-order valence-electron chi connectivity index (χ4n) is 1.52. The zero-order chi connectivity index (χ0) is 14.6. The fraction of sp³-hybridized carbons (Fsp3) is 0.500. The van der Waals surface area contributed by atoms with Gasteiger partial charge in [-0.2, -0.15) is 0 Å².